The van der Waals surface area contributed by atoms with Crippen molar-refractivity contribution in [3.8, 4) is 0 Å². The summed E-state index contributed by atoms with van der Waals surface area (Å²) < 4.78 is 0.902. The van der Waals surface area contributed by atoms with Crippen LogP contribution in [0.3, 0.4) is 0 Å². The van der Waals surface area contributed by atoms with Crippen molar-refractivity contribution in [2.24, 2.45) is 9.98 Å². The molecule has 0 unspecified atom stereocenters. The number of nitrogen functional groups attached to an aromatic ring is 1. The second kappa shape index (κ2) is 15.9. The molecule has 11 nitrogen and oxygen atoms in total. The molecule has 1 atom stereocenters. The highest BCUT2D eigenvalue weighted by Crippen LogP contribution is 2.33. The molecule has 0 bridgehead atoms. The lowest BCUT2D eigenvalue weighted by atomic mass is 9.92. The largest absolute Gasteiger partial charge is 0.399 e. The third kappa shape index (κ3) is 8.70. The van der Waals surface area contributed by atoms with E-state index < -0.39 is 0 Å². The van der Waals surface area contributed by atoms with Crippen LogP contribution in [0.15, 0.2) is 81.8 Å². The van der Waals surface area contributed by atoms with Gasteiger partial charge in [-0.1, -0.05) is 48.3 Å². The van der Waals surface area contributed by atoms with Gasteiger partial charge in [0.2, 0.25) is 0 Å². The smallest absolute Gasteiger partial charge is 0.196 e. The first-order valence-corrected chi connectivity index (χ1v) is 16.5. The fraction of sp³-hybridized carbons (Fsp3) is 0.242. The minimum absolute atomic E-state index is 0.382. The topological polar surface area (TPSA) is 153 Å². The van der Waals surface area contributed by atoms with E-state index in [1.807, 2.05) is 18.3 Å². The number of imidazole rings is 1. The second-order valence-corrected chi connectivity index (χ2v) is 12.4. The van der Waals surface area contributed by atoms with Crippen LogP contribution in [0.2, 0.25) is 10.0 Å². The standard InChI is InChI=1S/C13H16N2.C11H10BrN5.C9H10Cl2N4/c1-9-5-4-6-12(10(9)2)11(3)13-7-14-8-15-13;12-9-7(17-11-15-5-6-16-11)1-2-8-10(9)14-4-3-13-8;10-6-3-5(12)4-7(11)8(6)15-9-13-1-2-14-9/h4-8,11H,1-3H3,(H,14,15);1-4H,5-6H2,(H2,15,16,17);3-4H,1-2,12H2,(H2,13,14,15)/t11-;;/m0../s1. The van der Waals surface area contributed by atoms with Crippen molar-refractivity contribution in [1.82, 2.24) is 30.6 Å². The SMILES string of the molecule is Brc1c(NC2=NCCN2)ccc2nccnc12.Cc1cccc([C@H](C)c2cnc[nH]2)c1C.Nc1cc(Cl)c(NC2=NCCN2)c(Cl)c1. The van der Waals surface area contributed by atoms with Gasteiger partial charge in [-0.15, -0.1) is 0 Å². The van der Waals surface area contributed by atoms with E-state index in [0.717, 1.165) is 53.3 Å². The molecular formula is C33H36BrCl2N11. The van der Waals surface area contributed by atoms with Crippen molar-refractivity contribution < 1.29 is 0 Å². The zero-order valence-corrected chi connectivity index (χ0v) is 29.3. The number of H-pyrrole nitrogens is 1. The van der Waals surface area contributed by atoms with Crippen molar-refractivity contribution >= 4 is 79.1 Å². The van der Waals surface area contributed by atoms with Crippen LogP contribution in [0, 0.1) is 13.8 Å². The minimum Gasteiger partial charge on any atom is -0.399 e. The number of aryl methyl sites for hydroxylation is 1. The molecule has 4 heterocycles. The van der Waals surface area contributed by atoms with Crippen LogP contribution < -0.4 is 27.0 Å². The van der Waals surface area contributed by atoms with Gasteiger partial charge in [0.05, 0.1) is 50.8 Å². The Balaban J connectivity index is 0.000000139. The van der Waals surface area contributed by atoms with Gasteiger partial charge >= 0.3 is 0 Å². The number of rotatable bonds is 4. The average molecular weight is 738 g/mol. The fourth-order valence-electron chi connectivity index (χ4n) is 4.93. The van der Waals surface area contributed by atoms with E-state index in [1.54, 1.807) is 30.9 Å². The number of aromatic nitrogens is 4. The summed E-state index contributed by atoms with van der Waals surface area (Å²) in [7, 11) is 0. The molecule has 5 aromatic rings. The Hall–Kier alpha value is -4.39. The maximum Gasteiger partial charge on any atom is 0.196 e. The van der Waals surface area contributed by atoms with Gasteiger partial charge in [-0.2, -0.15) is 0 Å². The monoisotopic (exact) mass is 735 g/mol. The summed E-state index contributed by atoms with van der Waals surface area (Å²) in [6.07, 6.45) is 7.00. The third-order valence-electron chi connectivity index (χ3n) is 7.59. The Labute approximate surface area is 292 Å². The first kappa shape index (κ1) is 34.0. The number of hydrogen-bond acceptors (Lipinski definition) is 10. The van der Waals surface area contributed by atoms with E-state index in [2.05, 4.69) is 106 Å². The quantitative estimate of drug-likeness (QED) is 0.109. The number of halogens is 3. The second-order valence-electron chi connectivity index (χ2n) is 10.8. The van der Waals surface area contributed by atoms with Crippen LogP contribution in [0.4, 0.5) is 17.1 Å². The highest BCUT2D eigenvalue weighted by Gasteiger charge is 2.14. The van der Waals surface area contributed by atoms with Crippen LogP contribution >= 0.6 is 39.1 Å². The summed E-state index contributed by atoms with van der Waals surface area (Å²) in [6.45, 7) is 9.81. The van der Waals surface area contributed by atoms with Gasteiger partial charge in [0.25, 0.3) is 0 Å². The molecule has 2 aromatic heterocycles. The Morgan fingerprint density at radius 2 is 1.60 bits per heavy atom. The lowest BCUT2D eigenvalue weighted by molar-refractivity contribution is 0.871. The van der Waals surface area contributed by atoms with Crippen molar-refractivity contribution in [2.75, 3.05) is 42.5 Å². The van der Waals surface area contributed by atoms with Crippen LogP contribution in [-0.2, 0) is 0 Å². The predicted octanol–water partition coefficient (Wildman–Crippen LogP) is 6.89. The van der Waals surface area contributed by atoms with Gasteiger partial charge in [0.15, 0.2) is 11.9 Å². The summed E-state index contributed by atoms with van der Waals surface area (Å²) in [4.78, 5) is 24.3. The average Bonchev–Trinajstić information content (AvgIpc) is 3.87. The van der Waals surface area contributed by atoms with E-state index in [9.17, 15) is 0 Å². The molecule has 7 rings (SSSR count). The highest BCUT2D eigenvalue weighted by molar-refractivity contribution is 9.10. The number of hydrogen-bond donors (Lipinski definition) is 6. The van der Waals surface area contributed by atoms with Crippen LogP contribution in [-0.4, -0.2) is 58.0 Å². The van der Waals surface area contributed by atoms with Crippen LogP contribution in [0.5, 0.6) is 0 Å². The maximum atomic E-state index is 6.00. The lowest BCUT2D eigenvalue weighted by Crippen LogP contribution is -2.26. The number of guanidine groups is 2. The maximum absolute atomic E-state index is 6.00. The van der Waals surface area contributed by atoms with Crippen molar-refractivity contribution in [2.45, 2.75) is 26.7 Å². The summed E-state index contributed by atoms with van der Waals surface area (Å²) in [5.41, 5.74) is 14.7. The molecule has 0 aliphatic carbocycles. The van der Waals surface area contributed by atoms with Gasteiger partial charge in [-0.05, 0) is 70.7 Å². The molecule has 14 heteroatoms. The summed E-state index contributed by atoms with van der Waals surface area (Å²) in [5, 5.41) is 13.4. The van der Waals surface area contributed by atoms with Crippen molar-refractivity contribution in [1.29, 1.82) is 0 Å². The highest BCUT2D eigenvalue weighted by atomic mass is 79.9. The molecule has 0 amide bonds. The number of aromatic amines is 1. The Morgan fingerprint density at radius 1 is 0.915 bits per heavy atom. The Morgan fingerprint density at radius 3 is 2.23 bits per heavy atom. The van der Waals surface area contributed by atoms with Crippen molar-refractivity contribution in [3.05, 3.63) is 104 Å². The molecule has 0 saturated heterocycles. The predicted molar refractivity (Wildman–Crippen MR) is 198 cm³/mol. The molecule has 0 spiro atoms. The number of aliphatic imine (C=N–C) groups is 2. The van der Waals surface area contributed by atoms with E-state index in [0.29, 0.717) is 33.3 Å². The first-order valence-electron chi connectivity index (χ1n) is 15.0. The summed E-state index contributed by atoms with van der Waals surface area (Å²) >= 11 is 15.5. The first-order chi connectivity index (χ1) is 22.7. The molecule has 7 N–H and O–H groups in total. The van der Waals surface area contributed by atoms with E-state index in [-0.39, 0.29) is 0 Å². The third-order valence-corrected chi connectivity index (χ3v) is 8.99. The van der Waals surface area contributed by atoms with Crippen molar-refractivity contribution in [3.63, 3.8) is 0 Å². The van der Waals surface area contributed by atoms with Crippen LogP contribution in [0.25, 0.3) is 11.0 Å². The molecule has 47 heavy (non-hydrogen) atoms. The Bertz CT molecular complexity index is 1870. The van der Waals surface area contributed by atoms with Gasteiger partial charge in [-0.25, -0.2) is 4.98 Å². The molecule has 2 aliphatic rings. The Kier molecular flexibility index (Phi) is 11.5. The minimum atomic E-state index is 0.382. The molecule has 0 radical (unpaired) electrons. The summed E-state index contributed by atoms with van der Waals surface area (Å²) in [5.74, 6) is 1.87. The van der Waals surface area contributed by atoms with Crippen LogP contribution in [0.1, 0.15) is 35.2 Å². The number of benzene rings is 3. The van der Waals surface area contributed by atoms with E-state index >= 15 is 0 Å². The molecule has 2 aliphatic heterocycles. The van der Waals surface area contributed by atoms with Gasteiger partial charge in [-0.3, -0.25) is 20.0 Å². The molecule has 0 saturated carbocycles. The van der Waals surface area contributed by atoms with Gasteiger partial charge in [0, 0.05) is 49.0 Å². The summed E-state index contributed by atoms with van der Waals surface area (Å²) in [6, 6.07) is 13.6. The lowest BCUT2D eigenvalue weighted by Gasteiger charge is -2.14. The normalized spacial score (nSPS) is 14.0. The zero-order valence-electron chi connectivity index (χ0n) is 26.2. The number of nitrogens with zero attached hydrogens (tertiary/aromatic N) is 5. The molecular weight excluding hydrogens is 701 g/mol. The fourth-order valence-corrected chi connectivity index (χ4v) is 6.07. The molecule has 3 aromatic carbocycles. The number of fused-ring (bicyclic) bond motifs is 1. The number of nitrogens with two attached hydrogens (primary N) is 1. The number of nitrogens with one attached hydrogen (secondary N) is 5. The number of anilines is 3. The zero-order chi connectivity index (χ0) is 33.3. The van der Waals surface area contributed by atoms with Gasteiger partial charge < -0.3 is 32.0 Å². The van der Waals surface area contributed by atoms with E-state index in [4.69, 9.17) is 28.9 Å². The van der Waals surface area contributed by atoms with Gasteiger partial charge in [0.1, 0.15) is 5.52 Å². The molecule has 244 valence electrons. The molecule has 0 fully saturated rings. The van der Waals surface area contributed by atoms with E-state index in [1.165, 1.54) is 22.4 Å².